The highest BCUT2D eigenvalue weighted by molar-refractivity contribution is 5.69. The molecule has 2 amide bonds. The zero-order valence-electron chi connectivity index (χ0n) is 16.1. The minimum atomic E-state index is -4.49. The molecule has 2 atom stereocenters. The number of hydrogen-bond acceptors (Lipinski definition) is 4. The lowest BCUT2D eigenvalue weighted by atomic mass is 9.94. The number of ether oxygens (including phenoxy) is 2. The van der Waals surface area contributed by atoms with E-state index in [0.717, 1.165) is 10.5 Å². The van der Waals surface area contributed by atoms with Crippen LogP contribution in [0.4, 0.5) is 22.8 Å². The standard InChI is InChI=1S/C19H25F3N2O4/c1-18(2,3)28-16(25)23-15-9-14(19(20,21)22)10-24(11-15)17(26)27-12-13-7-5-4-6-8-13/h4-8,14-15H,9-12H2,1-3H3,(H,23,25)/t14-,15+/m0/s1. The van der Waals surface area contributed by atoms with Gasteiger partial charge in [0.25, 0.3) is 0 Å². The average Bonchev–Trinajstić information content (AvgIpc) is 2.57. The fraction of sp³-hybridized carbons (Fsp3) is 0.579. The van der Waals surface area contributed by atoms with Crippen molar-refractivity contribution in [2.75, 3.05) is 13.1 Å². The van der Waals surface area contributed by atoms with Gasteiger partial charge in [0.05, 0.1) is 12.0 Å². The molecule has 6 nitrogen and oxygen atoms in total. The van der Waals surface area contributed by atoms with Gasteiger partial charge in [-0.25, -0.2) is 9.59 Å². The van der Waals surface area contributed by atoms with Crippen molar-refractivity contribution in [3.05, 3.63) is 35.9 Å². The van der Waals surface area contributed by atoms with Gasteiger partial charge in [-0.3, -0.25) is 0 Å². The van der Waals surface area contributed by atoms with Crippen LogP contribution in [0.15, 0.2) is 30.3 Å². The molecule has 156 valence electrons. The first kappa shape index (κ1) is 21.8. The highest BCUT2D eigenvalue weighted by Gasteiger charge is 2.46. The van der Waals surface area contributed by atoms with Gasteiger partial charge >= 0.3 is 18.4 Å². The van der Waals surface area contributed by atoms with E-state index in [4.69, 9.17) is 9.47 Å². The molecule has 1 fully saturated rings. The molecule has 28 heavy (non-hydrogen) atoms. The van der Waals surface area contributed by atoms with Crippen LogP contribution >= 0.6 is 0 Å². The normalized spacial score (nSPS) is 20.4. The molecule has 1 heterocycles. The maximum absolute atomic E-state index is 13.3. The summed E-state index contributed by atoms with van der Waals surface area (Å²) in [5, 5.41) is 2.43. The molecule has 0 bridgehead atoms. The summed E-state index contributed by atoms with van der Waals surface area (Å²) in [4.78, 5) is 25.2. The van der Waals surface area contributed by atoms with Crippen LogP contribution in [0.5, 0.6) is 0 Å². The van der Waals surface area contributed by atoms with E-state index < -0.39 is 42.5 Å². The van der Waals surface area contributed by atoms with Crippen LogP contribution in [-0.2, 0) is 16.1 Å². The Morgan fingerprint density at radius 2 is 1.79 bits per heavy atom. The first-order valence-electron chi connectivity index (χ1n) is 8.96. The summed E-state index contributed by atoms with van der Waals surface area (Å²) in [6, 6.07) is 7.94. The quantitative estimate of drug-likeness (QED) is 0.827. The van der Waals surface area contributed by atoms with Crippen molar-refractivity contribution in [3.8, 4) is 0 Å². The van der Waals surface area contributed by atoms with Crippen LogP contribution in [-0.4, -0.2) is 48.0 Å². The lowest BCUT2D eigenvalue weighted by Gasteiger charge is -2.38. The van der Waals surface area contributed by atoms with Crippen LogP contribution < -0.4 is 5.32 Å². The van der Waals surface area contributed by atoms with Crippen molar-refractivity contribution in [2.45, 2.75) is 51.6 Å². The van der Waals surface area contributed by atoms with E-state index in [1.54, 1.807) is 51.1 Å². The number of hydrogen-bond donors (Lipinski definition) is 1. The Kier molecular flexibility index (Phi) is 6.79. The molecule has 1 saturated heterocycles. The number of nitrogens with one attached hydrogen (secondary N) is 1. The van der Waals surface area contributed by atoms with Gasteiger partial charge < -0.3 is 19.7 Å². The van der Waals surface area contributed by atoms with Crippen LogP contribution in [0.3, 0.4) is 0 Å². The van der Waals surface area contributed by atoms with E-state index >= 15 is 0 Å². The number of benzene rings is 1. The fourth-order valence-electron chi connectivity index (χ4n) is 2.87. The largest absolute Gasteiger partial charge is 0.445 e. The zero-order chi connectivity index (χ0) is 20.9. The minimum absolute atomic E-state index is 0.0446. The molecule has 0 spiro atoms. The van der Waals surface area contributed by atoms with Crippen LogP contribution in [0, 0.1) is 5.92 Å². The number of carbonyl (C=O) groups is 2. The lowest BCUT2D eigenvalue weighted by Crippen LogP contribution is -2.55. The van der Waals surface area contributed by atoms with Crippen molar-refractivity contribution in [2.24, 2.45) is 5.92 Å². The third-order valence-electron chi connectivity index (χ3n) is 4.10. The summed E-state index contributed by atoms with van der Waals surface area (Å²) in [5.41, 5.74) is -0.0557. The van der Waals surface area contributed by atoms with Gasteiger partial charge in [0.15, 0.2) is 0 Å². The zero-order valence-corrected chi connectivity index (χ0v) is 16.1. The van der Waals surface area contributed by atoms with Crippen molar-refractivity contribution in [1.82, 2.24) is 10.2 Å². The number of amides is 2. The van der Waals surface area contributed by atoms with Crippen LogP contribution in [0.2, 0.25) is 0 Å². The smallest absolute Gasteiger partial charge is 0.410 e. The number of likely N-dealkylation sites (tertiary alicyclic amines) is 1. The SMILES string of the molecule is CC(C)(C)OC(=O)N[C@@H]1C[C@H](C(F)(F)F)CN(C(=O)OCc2ccccc2)C1. The van der Waals surface area contributed by atoms with E-state index in [1.165, 1.54) is 0 Å². The second kappa shape index (κ2) is 8.70. The Morgan fingerprint density at radius 3 is 2.36 bits per heavy atom. The number of alkyl carbamates (subject to hydrolysis) is 1. The van der Waals surface area contributed by atoms with Gasteiger partial charge in [-0.15, -0.1) is 0 Å². The molecule has 1 aliphatic rings. The first-order valence-corrected chi connectivity index (χ1v) is 8.96. The summed E-state index contributed by atoms with van der Waals surface area (Å²) in [6.07, 6.45) is -6.50. The Hall–Kier alpha value is -2.45. The molecular weight excluding hydrogens is 377 g/mol. The third-order valence-corrected chi connectivity index (χ3v) is 4.10. The average molecular weight is 402 g/mol. The molecule has 1 aliphatic heterocycles. The maximum Gasteiger partial charge on any atom is 0.410 e. The van der Waals surface area contributed by atoms with Crippen LogP contribution in [0.25, 0.3) is 0 Å². The molecule has 0 saturated carbocycles. The third kappa shape index (κ3) is 6.94. The number of alkyl halides is 3. The van der Waals surface area contributed by atoms with Gasteiger partial charge in [0, 0.05) is 13.1 Å². The van der Waals surface area contributed by atoms with Gasteiger partial charge in [0.2, 0.25) is 0 Å². The molecule has 0 aliphatic carbocycles. The number of halogens is 3. The van der Waals surface area contributed by atoms with Gasteiger partial charge in [-0.2, -0.15) is 13.2 Å². The summed E-state index contributed by atoms with van der Waals surface area (Å²) >= 11 is 0. The number of rotatable bonds is 3. The summed E-state index contributed by atoms with van der Waals surface area (Å²) < 4.78 is 50.1. The highest BCUT2D eigenvalue weighted by Crippen LogP contribution is 2.33. The summed E-state index contributed by atoms with van der Waals surface area (Å²) in [7, 11) is 0. The summed E-state index contributed by atoms with van der Waals surface area (Å²) in [6.45, 7) is 4.32. The second-order valence-electron chi connectivity index (χ2n) is 7.76. The minimum Gasteiger partial charge on any atom is -0.445 e. The number of piperidine rings is 1. The molecular formula is C19H25F3N2O4. The van der Waals surface area contributed by atoms with E-state index in [1.807, 2.05) is 0 Å². The topological polar surface area (TPSA) is 67.9 Å². The first-order chi connectivity index (χ1) is 12.9. The van der Waals surface area contributed by atoms with E-state index in [0.29, 0.717) is 0 Å². The Balaban J connectivity index is 2.01. The summed E-state index contributed by atoms with van der Waals surface area (Å²) in [5.74, 6) is -1.76. The highest BCUT2D eigenvalue weighted by atomic mass is 19.4. The number of carbonyl (C=O) groups excluding carboxylic acids is 2. The van der Waals surface area contributed by atoms with Gasteiger partial charge in [-0.1, -0.05) is 30.3 Å². The molecule has 1 N–H and O–H groups in total. The molecule has 0 radical (unpaired) electrons. The number of nitrogens with zero attached hydrogens (tertiary/aromatic N) is 1. The Morgan fingerprint density at radius 1 is 1.14 bits per heavy atom. The van der Waals surface area contributed by atoms with E-state index in [9.17, 15) is 22.8 Å². The van der Waals surface area contributed by atoms with Crippen LogP contribution in [0.1, 0.15) is 32.8 Å². The van der Waals surface area contributed by atoms with E-state index in [2.05, 4.69) is 5.32 Å². The molecule has 0 unspecified atom stereocenters. The van der Waals surface area contributed by atoms with Gasteiger partial charge in [0.1, 0.15) is 12.2 Å². The molecule has 1 aromatic rings. The van der Waals surface area contributed by atoms with Crippen molar-refractivity contribution >= 4 is 12.2 Å². The van der Waals surface area contributed by atoms with Gasteiger partial charge in [-0.05, 0) is 32.8 Å². The molecule has 1 aromatic carbocycles. The Bertz CT molecular complexity index is 674. The Labute approximate surface area is 162 Å². The van der Waals surface area contributed by atoms with Crippen molar-refractivity contribution in [3.63, 3.8) is 0 Å². The second-order valence-corrected chi connectivity index (χ2v) is 7.76. The van der Waals surface area contributed by atoms with Crippen molar-refractivity contribution < 1.29 is 32.2 Å². The molecule has 9 heteroatoms. The predicted octanol–water partition coefficient (Wildman–Crippen LogP) is 4.10. The monoisotopic (exact) mass is 402 g/mol. The maximum atomic E-state index is 13.3. The fourth-order valence-corrected chi connectivity index (χ4v) is 2.87. The lowest BCUT2D eigenvalue weighted by molar-refractivity contribution is -0.187. The predicted molar refractivity (Wildman–Crippen MR) is 95.5 cm³/mol. The van der Waals surface area contributed by atoms with E-state index in [-0.39, 0.29) is 19.6 Å². The molecule has 0 aromatic heterocycles. The molecule has 2 rings (SSSR count). The van der Waals surface area contributed by atoms with Crippen molar-refractivity contribution in [1.29, 1.82) is 0 Å².